The van der Waals surface area contributed by atoms with Gasteiger partial charge in [0.1, 0.15) is 5.65 Å². The Hall–Kier alpha value is -2.35. The number of pyridine rings is 1. The topological polar surface area (TPSA) is 17.8 Å². The number of hydrogen-bond donors (Lipinski definition) is 0. The van der Waals surface area contributed by atoms with Gasteiger partial charge in [0.05, 0.1) is 11.0 Å². The van der Waals surface area contributed by atoms with E-state index in [1.165, 1.54) is 27.2 Å². The quantitative estimate of drug-likeness (QED) is 0.499. The molecule has 4 rings (SSSR count). The SMILES string of the molecule is CCCn1c2ccc(C)cc2c2cc3ccccc3nc21. The van der Waals surface area contributed by atoms with E-state index < -0.39 is 0 Å². The van der Waals surface area contributed by atoms with Crippen LogP contribution in [0.5, 0.6) is 0 Å². The van der Waals surface area contributed by atoms with Crippen LogP contribution in [-0.4, -0.2) is 9.55 Å². The third kappa shape index (κ3) is 1.83. The minimum atomic E-state index is 1.01. The van der Waals surface area contributed by atoms with Crippen LogP contribution in [-0.2, 0) is 6.54 Å². The van der Waals surface area contributed by atoms with Crippen molar-refractivity contribution in [3.63, 3.8) is 0 Å². The lowest BCUT2D eigenvalue weighted by atomic mass is 10.1. The monoisotopic (exact) mass is 274 g/mol. The normalized spacial score (nSPS) is 11.7. The molecule has 0 fully saturated rings. The predicted octanol–water partition coefficient (Wildman–Crippen LogP) is 5.06. The zero-order valence-electron chi connectivity index (χ0n) is 12.4. The van der Waals surface area contributed by atoms with E-state index in [1.807, 2.05) is 0 Å². The van der Waals surface area contributed by atoms with Gasteiger partial charge in [-0.1, -0.05) is 36.8 Å². The van der Waals surface area contributed by atoms with Crippen LogP contribution in [0.2, 0.25) is 0 Å². The van der Waals surface area contributed by atoms with Crippen molar-refractivity contribution in [1.29, 1.82) is 0 Å². The van der Waals surface area contributed by atoms with Crippen LogP contribution in [0, 0.1) is 6.92 Å². The van der Waals surface area contributed by atoms with Gasteiger partial charge in [-0.15, -0.1) is 0 Å². The molecule has 0 saturated carbocycles. The van der Waals surface area contributed by atoms with E-state index in [4.69, 9.17) is 4.98 Å². The van der Waals surface area contributed by atoms with Crippen LogP contribution >= 0.6 is 0 Å². The molecule has 0 spiro atoms. The number of aromatic nitrogens is 2. The molecule has 0 aliphatic rings. The van der Waals surface area contributed by atoms with E-state index in [0.29, 0.717) is 0 Å². The Morgan fingerprint density at radius 1 is 1.00 bits per heavy atom. The van der Waals surface area contributed by atoms with E-state index in [0.717, 1.165) is 24.1 Å². The van der Waals surface area contributed by atoms with Gasteiger partial charge in [0.15, 0.2) is 0 Å². The van der Waals surface area contributed by atoms with Gasteiger partial charge >= 0.3 is 0 Å². The second-order valence-electron chi connectivity index (χ2n) is 5.72. The molecule has 0 aliphatic heterocycles. The predicted molar refractivity (Wildman–Crippen MR) is 89.8 cm³/mol. The molecule has 0 radical (unpaired) electrons. The molecule has 0 unspecified atom stereocenters. The molecule has 0 bridgehead atoms. The molecule has 2 aromatic heterocycles. The highest BCUT2D eigenvalue weighted by Gasteiger charge is 2.12. The van der Waals surface area contributed by atoms with Crippen LogP contribution in [0.3, 0.4) is 0 Å². The zero-order chi connectivity index (χ0) is 14.4. The van der Waals surface area contributed by atoms with Crippen LogP contribution in [0.4, 0.5) is 0 Å². The Bertz CT molecular complexity index is 963. The van der Waals surface area contributed by atoms with Crippen molar-refractivity contribution in [2.75, 3.05) is 0 Å². The molecular formula is C19H18N2. The molecule has 104 valence electrons. The summed E-state index contributed by atoms with van der Waals surface area (Å²) in [5.41, 5.74) is 4.77. The Balaban J connectivity index is 2.22. The lowest BCUT2D eigenvalue weighted by molar-refractivity contribution is 0.718. The first kappa shape index (κ1) is 12.4. The number of rotatable bonds is 2. The van der Waals surface area contributed by atoms with E-state index in [1.54, 1.807) is 0 Å². The molecule has 0 saturated heterocycles. The van der Waals surface area contributed by atoms with Crippen molar-refractivity contribution in [2.45, 2.75) is 26.8 Å². The minimum Gasteiger partial charge on any atom is -0.325 e. The number of fused-ring (bicyclic) bond motifs is 4. The summed E-state index contributed by atoms with van der Waals surface area (Å²) in [6.07, 6.45) is 1.11. The molecular weight excluding hydrogens is 256 g/mol. The number of hydrogen-bond acceptors (Lipinski definition) is 1. The fourth-order valence-electron chi connectivity index (χ4n) is 3.17. The van der Waals surface area contributed by atoms with Crippen LogP contribution in [0.15, 0.2) is 48.5 Å². The van der Waals surface area contributed by atoms with Crippen molar-refractivity contribution in [3.05, 3.63) is 54.1 Å². The summed E-state index contributed by atoms with van der Waals surface area (Å²) in [6.45, 7) is 5.37. The van der Waals surface area contributed by atoms with Gasteiger partial charge < -0.3 is 4.57 Å². The fraction of sp³-hybridized carbons (Fsp3) is 0.211. The smallest absolute Gasteiger partial charge is 0.141 e. The van der Waals surface area contributed by atoms with Gasteiger partial charge in [-0.05, 0) is 37.6 Å². The second kappa shape index (κ2) is 4.59. The van der Waals surface area contributed by atoms with Crippen LogP contribution in [0.25, 0.3) is 32.8 Å². The van der Waals surface area contributed by atoms with Gasteiger partial charge in [-0.2, -0.15) is 0 Å². The van der Waals surface area contributed by atoms with Gasteiger partial charge in [-0.3, -0.25) is 0 Å². The summed E-state index contributed by atoms with van der Waals surface area (Å²) >= 11 is 0. The third-order valence-electron chi connectivity index (χ3n) is 4.14. The highest BCUT2D eigenvalue weighted by Crippen LogP contribution is 2.31. The fourth-order valence-corrected chi connectivity index (χ4v) is 3.17. The molecule has 2 heterocycles. The zero-order valence-corrected chi connectivity index (χ0v) is 12.4. The molecule has 4 aromatic rings. The number of aryl methyl sites for hydroxylation is 2. The van der Waals surface area contributed by atoms with Crippen molar-refractivity contribution >= 4 is 32.8 Å². The van der Waals surface area contributed by atoms with Gasteiger partial charge in [0, 0.05) is 22.7 Å². The van der Waals surface area contributed by atoms with Crippen molar-refractivity contribution in [1.82, 2.24) is 9.55 Å². The number of para-hydroxylation sites is 1. The summed E-state index contributed by atoms with van der Waals surface area (Å²) in [7, 11) is 0. The first-order chi connectivity index (χ1) is 10.3. The first-order valence-electron chi connectivity index (χ1n) is 7.56. The third-order valence-corrected chi connectivity index (χ3v) is 4.14. The Labute approximate surface area is 124 Å². The lowest BCUT2D eigenvalue weighted by Gasteiger charge is -2.05. The van der Waals surface area contributed by atoms with Crippen LogP contribution in [0.1, 0.15) is 18.9 Å². The molecule has 2 heteroatoms. The number of benzene rings is 2. The van der Waals surface area contributed by atoms with E-state index in [9.17, 15) is 0 Å². The summed E-state index contributed by atoms with van der Waals surface area (Å²) < 4.78 is 2.36. The maximum Gasteiger partial charge on any atom is 0.141 e. The van der Waals surface area contributed by atoms with Crippen molar-refractivity contribution < 1.29 is 0 Å². The molecule has 21 heavy (non-hydrogen) atoms. The number of nitrogens with zero attached hydrogens (tertiary/aromatic N) is 2. The lowest BCUT2D eigenvalue weighted by Crippen LogP contribution is -1.97. The largest absolute Gasteiger partial charge is 0.325 e. The highest BCUT2D eigenvalue weighted by molar-refractivity contribution is 6.10. The molecule has 0 amide bonds. The molecule has 0 N–H and O–H groups in total. The minimum absolute atomic E-state index is 1.01. The van der Waals surface area contributed by atoms with E-state index in [-0.39, 0.29) is 0 Å². The Kier molecular flexibility index (Phi) is 2.71. The molecule has 2 aromatic carbocycles. The summed E-state index contributed by atoms with van der Waals surface area (Å²) in [5, 5.41) is 3.79. The molecule has 0 aliphatic carbocycles. The van der Waals surface area contributed by atoms with Crippen molar-refractivity contribution in [2.24, 2.45) is 0 Å². The van der Waals surface area contributed by atoms with Gasteiger partial charge in [0.25, 0.3) is 0 Å². The highest BCUT2D eigenvalue weighted by atomic mass is 15.0. The Morgan fingerprint density at radius 2 is 1.86 bits per heavy atom. The van der Waals surface area contributed by atoms with E-state index >= 15 is 0 Å². The first-order valence-corrected chi connectivity index (χ1v) is 7.56. The maximum atomic E-state index is 4.93. The molecule has 0 atom stereocenters. The summed E-state index contributed by atoms with van der Waals surface area (Å²) in [5.74, 6) is 0. The van der Waals surface area contributed by atoms with Crippen LogP contribution < -0.4 is 0 Å². The molecule has 2 nitrogen and oxygen atoms in total. The summed E-state index contributed by atoms with van der Waals surface area (Å²) in [6, 6.07) is 17.3. The maximum absolute atomic E-state index is 4.93. The standard InChI is InChI=1S/C19H18N2/c1-3-10-21-18-9-8-13(2)11-15(18)16-12-14-6-4-5-7-17(14)20-19(16)21/h4-9,11-12H,3,10H2,1-2H3. The summed E-state index contributed by atoms with van der Waals surface area (Å²) in [4.78, 5) is 4.93. The van der Waals surface area contributed by atoms with Gasteiger partial charge in [0.2, 0.25) is 0 Å². The second-order valence-corrected chi connectivity index (χ2v) is 5.72. The Morgan fingerprint density at radius 3 is 2.71 bits per heavy atom. The average Bonchev–Trinajstić information content (AvgIpc) is 2.79. The van der Waals surface area contributed by atoms with Crippen molar-refractivity contribution in [3.8, 4) is 0 Å². The van der Waals surface area contributed by atoms with E-state index in [2.05, 4.69) is 66.9 Å². The van der Waals surface area contributed by atoms with Gasteiger partial charge in [-0.25, -0.2) is 4.98 Å². The average molecular weight is 274 g/mol.